The minimum atomic E-state index is 0.103. The summed E-state index contributed by atoms with van der Waals surface area (Å²) < 4.78 is 0. The van der Waals surface area contributed by atoms with Gasteiger partial charge in [-0.25, -0.2) is 9.97 Å². The number of carbonyl (C=O) groups is 1. The van der Waals surface area contributed by atoms with Crippen LogP contribution >= 0.6 is 0 Å². The van der Waals surface area contributed by atoms with E-state index in [0.717, 1.165) is 53.2 Å². The van der Waals surface area contributed by atoms with Gasteiger partial charge in [-0.15, -0.1) is 0 Å². The Bertz CT molecular complexity index is 1350. The number of fused-ring (bicyclic) bond motifs is 1. The zero-order valence-corrected chi connectivity index (χ0v) is 20.1. The third-order valence-corrected chi connectivity index (χ3v) is 6.65. The lowest BCUT2D eigenvalue weighted by molar-refractivity contribution is 0.0748. The number of amides is 1. The smallest absolute Gasteiger partial charge is 0.254 e. The van der Waals surface area contributed by atoms with Gasteiger partial charge in [-0.3, -0.25) is 4.79 Å². The van der Waals surface area contributed by atoms with Gasteiger partial charge in [0.2, 0.25) is 0 Å². The van der Waals surface area contributed by atoms with Crippen LogP contribution in [0.5, 0.6) is 0 Å². The largest absolute Gasteiger partial charge is 0.353 e. The summed E-state index contributed by atoms with van der Waals surface area (Å²) >= 11 is 0. The van der Waals surface area contributed by atoms with E-state index in [1.807, 2.05) is 42.2 Å². The summed E-state index contributed by atoms with van der Waals surface area (Å²) in [7, 11) is 0. The maximum absolute atomic E-state index is 13.4. The fraction of sp³-hybridized carbons (Fsp3) is 0.276. The molecule has 2 heterocycles. The fourth-order valence-electron chi connectivity index (χ4n) is 4.92. The molecule has 1 amide bonds. The average Bonchev–Trinajstić information content (AvgIpc) is 2.85. The molecular weight excluding hydrogens is 420 g/mol. The van der Waals surface area contributed by atoms with Crippen LogP contribution in [0, 0.1) is 20.8 Å². The molecular formula is C29H30N4O. The molecule has 172 valence electrons. The van der Waals surface area contributed by atoms with E-state index in [0.29, 0.717) is 13.1 Å². The quantitative estimate of drug-likeness (QED) is 0.434. The second-order valence-corrected chi connectivity index (χ2v) is 9.13. The number of hydrogen-bond donors (Lipinski definition) is 0. The number of aryl methyl sites for hydroxylation is 3. The summed E-state index contributed by atoms with van der Waals surface area (Å²) in [6, 6.07) is 22.7. The maximum Gasteiger partial charge on any atom is 0.254 e. The molecule has 0 aliphatic carbocycles. The minimum Gasteiger partial charge on any atom is -0.353 e. The molecule has 5 rings (SSSR count). The highest BCUT2D eigenvalue weighted by Gasteiger charge is 2.26. The molecule has 1 fully saturated rings. The van der Waals surface area contributed by atoms with Crippen LogP contribution in [0.1, 0.15) is 38.6 Å². The van der Waals surface area contributed by atoms with E-state index in [2.05, 4.69) is 60.1 Å². The number of rotatable bonds is 4. The van der Waals surface area contributed by atoms with Crippen molar-refractivity contribution in [3.05, 3.63) is 101 Å². The lowest BCUT2D eigenvalue weighted by atomic mass is 10.0. The zero-order chi connectivity index (χ0) is 23.7. The monoisotopic (exact) mass is 450 g/mol. The van der Waals surface area contributed by atoms with Crippen LogP contribution in [0.25, 0.3) is 10.8 Å². The molecule has 1 aliphatic heterocycles. The molecule has 0 saturated carbocycles. The van der Waals surface area contributed by atoms with Crippen molar-refractivity contribution in [1.29, 1.82) is 0 Å². The third kappa shape index (κ3) is 4.38. The van der Waals surface area contributed by atoms with E-state index in [1.54, 1.807) is 0 Å². The molecule has 1 aliphatic rings. The van der Waals surface area contributed by atoms with Gasteiger partial charge < -0.3 is 9.80 Å². The van der Waals surface area contributed by atoms with E-state index in [-0.39, 0.29) is 5.91 Å². The highest BCUT2D eigenvalue weighted by Crippen LogP contribution is 2.26. The van der Waals surface area contributed by atoms with Crippen LogP contribution in [0.3, 0.4) is 0 Å². The summed E-state index contributed by atoms with van der Waals surface area (Å²) in [5, 5.41) is 2.11. The first-order valence-electron chi connectivity index (χ1n) is 11.9. The highest BCUT2D eigenvalue weighted by molar-refractivity contribution is 6.07. The van der Waals surface area contributed by atoms with Crippen molar-refractivity contribution < 1.29 is 4.79 Å². The Hall–Kier alpha value is -3.73. The fourth-order valence-corrected chi connectivity index (χ4v) is 4.92. The van der Waals surface area contributed by atoms with Crippen molar-refractivity contribution in [3.8, 4) is 0 Å². The molecule has 0 atom stereocenters. The number of piperazine rings is 1. The van der Waals surface area contributed by atoms with Crippen molar-refractivity contribution in [2.75, 3.05) is 31.1 Å². The summed E-state index contributed by atoms with van der Waals surface area (Å²) in [6.45, 7) is 9.01. The molecule has 5 heteroatoms. The summed E-state index contributed by atoms with van der Waals surface area (Å²) in [5.41, 5.74) is 5.50. The molecule has 0 bridgehead atoms. The van der Waals surface area contributed by atoms with Crippen LogP contribution < -0.4 is 4.90 Å². The Morgan fingerprint density at radius 2 is 1.59 bits per heavy atom. The summed E-state index contributed by atoms with van der Waals surface area (Å²) in [4.78, 5) is 27.2. The number of carbonyl (C=O) groups excluding carboxylic acids is 1. The van der Waals surface area contributed by atoms with Crippen LogP contribution in [0.4, 0.5) is 5.82 Å². The Morgan fingerprint density at radius 1 is 0.853 bits per heavy atom. The van der Waals surface area contributed by atoms with Gasteiger partial charge in [-0.1, -0.05) is 66.2 Å². The van der Waals surface area contributed by atoms with E-state index in [9.17, 15) is 4.79 Å². The second kappa shape index (κ2) is 9.26. The first kappa shape index (κ1) is 22.1. The Morgan fingerprint density at radius 3 is 2.38 bits per heavy atom. The van der Waals surface area contributed by atoms with Gasteiger partial charge in [-0.05, 0) is 43.2 Å². The third-order valence-electron chi connectivity index (χ3n) is 6.65. The number of anilines is 1. The van der Waals surface area contributed by atoms with Gasteiger partial charge >= 0.3 is 0 Å². The topological polar surface area (TPSA) is 49.3 Å². The number of nitrogens with zero attached hydrogens (tertiary/aromatic N) is 4. The average molecular weight is 451 g/mol. The molecule has 0 N–H and O–H groups in total. The summed E-state index contributed by atoms with van der Waals surface area (Å²) in [5.74, 6) is 1.89. The molecule has 1 saturated heterocycles. The molecule has 34 heavy (non-hydrogen) atoms. The Balaban J connectivity index is 1.37. The van der Waals surface area contributed by atoms with Gasteiger partial charge in [0.1, 0.15) is 11.6 Å². The van der Waals surface area contributed by atoms with Gasteiger partial charge in [-0.2, -0.15) is 0 Å². The first-order valence-corrected chi connectivity index (χ1v) is 11.9. The number of aromatic nitrogens is 2. The van der Waals surface area contributed by atoms with Crippen LogP contribution in [0.2, 0.25) is 0 Å². The molecule has 5 nitrogen and oxygen atoms in total. The van der Waals surface area contributed by atoms with Crippen molar-refractivity contribution in [2.24, 2.45) is 0 Å². The van der Waals surface area contributed by atoms with Crippen LogP contribution in [-0.2, 0) is 6.42 Å². The SMILES string of the molecule is Cc1cccc(Cc2c(C)nc(C)nc2N2CCN(C(=O)c3cccc4ccccc34)CC2)c1. The Labute approximate surface area is 201 Å². The Kier molecular flexibility index (Phi) is 6.01. The highest BCUT2D eigenvalue weighted by atomic mass is 16.2. The van der Waals surface area contributed by atoms with E-state index in [4.69, 9.17) is 4.98 Å². The molecule has 4 aromatic rings. The molecule has 1 aromatic heterocycles. The minimum absolute atomic E-state index is 0.103. The molecule has 0 unspecified atom stereocenters. The van der Waals surface area contributed by atoms with Crippen molar-refractivity contribution >= 4 is 22.5 Å². The van der Waals surface area contributed by atoms with Crippen molar-refractivity contribution in [2.45, 2.75) is 27.2 Å². The van der Waals surface area contributed by atoms with Crippen LogP contribution in [-0.4, -0.2) is 47.0 Å². The lowest BCUT2D eigenvalue weighted by Crippen LogP contribution is -2.49. The molecule has 0 spiro atoms. The standard InChI is InChI=1S/C29H30N4O/c1-20-8-6-9-23(18-20)19-27-21(2)30-22(3)31-28(27)32-14-16-33(17-15-32)29(34)26-13-7-11-24-10-4-5-12-25(24)26/h4-13,18H,14-17,19H2,1-3H3. The van der Waals surface area contributed by atoms with Crippen LogP contribution in [0.15, 0.2) is 66.7 Å². The van der Waals surface area contributed by atoms with Crippen molar-refractivity contribution in [3.63, 3.8) is 0 Å². The van der Waals surface area contributed by atoms with Crippen molar-refractivity contribution in [1.82, 2.24) is 14.9 Å². The van der Waals surface area contributed by atoms with E-state index >= 15 is 0 Å². The second-order valence-electron chi connectivity index (χ2n) is 9.13. The molecule has 3 aromatic carbocycles. The van der Waals surface area contributed by atoms with Gasteiger partial charge in [0.25, 0.3) is 5.91 Å². The van der Waals surface area contributed by atoms with E-state index in [1.165, 1.54) is 16.7 Å². The summed E-state index contributed by atoms with van der Waals surface area (Å²) in [6.07, 6.45) is 0.804. The predicted octanol–water partition coefficient (Wildman–Crippen LogP) is 5.11. The van der Waals surface area contributed by atoms with Gasteiger partial charge in [0.15, 0.2) is 0 Å². The lowest BCUT2D eigenvalue weighted by Gasteiger charge is -2.36. The first-order chi connectivity index (χ1) is 16.5. The molecule has 0 radical (unpaired) electrons. The van der Waals surface area contributed by atoms with Gasteiger partial charge in [0.05, 0.1) is 0 Å². The maximum atomic E-state index is 13.4. The zero-order valence-electron chi connectivity index (χ0n) is 20.1. The van der Waals surface area contributed by atoms with E-state index < -0.39 is 0 Å². The number of benzene rings is 3. The predicted molar refractivity (Wildman–Crippen MR) is 138 cm³/mol. The normalized spacial score (nSPS) is 14.0. The number of hydrogen-bond acceptors (Lipinski definition) is 4. The van der Waals surface area contributed by atoms with Gasteiger partial charge in [0, 0.05) is 49.4 Å².